The largest absolute Gasteiger partial charge is 0.324 e. The van der Waals surface area contributed by atoms with Crippen LogP contribution in [-0.2, 0) is 6.54 Å². The molecule has 1 N–H and O–H groups in total. The van der Waals surface area contributed by atoms with Crippen LogP contribution in [0.1, 0.15) is 5.56 Å². The topological polar surface area (TPSA) is 60.1 Å². The summed E-state index contributed by atoms with van der Waals surface area (Å²) in [4.78, 5) is 10.1. The van der Waals surface area contributed by atoms with Crippen molar-refractivity contribution in [2.75, 3.05) is 5.43 Å². The van der Waals surface area contributed by atoms with Crippen molar-refractivity contribution in [1.29, 1.82) is 0 Å². The molecule has 0 saturated heterocycles. The molecule has 0 fully saturated rings. The van der Waals surface area contributed by atoms with Gasteiger partial charge in [-0.2, -0.15) is 0 Å². The fourth-order valence-corrected chi connectivity index (χ4v) is 1.90. The van der Waals surface area contributed by atoms with E-state index in [9.17, 15) is 10.1 Å². The van der Waals surface area contributed by atoms with Crippen LogP contribution in [0.2, 0.25) is 0 Å². The Hall–Kier alpha value is -1.82. The van der Waals surface area contributed by atoms with E-state index in [1.54, 1.807) is 11.4 Å². The van der Waals surface area contributed by atoms with Gasteiger partial charge in [-0.25, -0.2) is 0 Å². The molecule has 5 nitrogen and oxygen atoms in total. The second-order valence-corrected chi connectivity index (χ2v) is 3.87. The fourth-order valence-electron chi connectivity index (χ4n) is 1.17. The third-order valence-electron chi connectivity index (χ3n) is 1.89. The van der Waals surface area contributed by atoms with Crippen LogP contribution in [-0.4, -0.2) is 9.60 Å². The van der Waals surface area contributed by atoms with E-state index in [0.717, 1.165) is 16.9 Å². The van der Waals surface area contributed by atoms with E-state index in [1.807, 2.05) is 29.2 Å². The van der Waals surface area contributed by atoms with Gasteiger partial charge in [-0.05, 0) is 17.7 Å². The van der Waals surface area contributed by atoms with Gasteiger partial charge in [0, 0.05) is 23.8 Å². The number of hydrogen-bond donors (Lipinski definition) is 1. The first-order valence-electron chi connectivity index (χ1n) is 4.34. The Bertz CT molecular complexity index is 450. The second-order valence-electron chi connectivity index (χ2n) is 2.98. The van der Waals surface area contributed by atoms with Crippen molar-refractivity contribution in [2.24, 2.45) is 0 Å². The predicted molar refractivity (Wildman–Crippen MR) is 58.5 cm³/mol. The van der Waals surface area contributed by atoms with E-state index < -0.39 is 0 Å². The molecule has 2 heterocycles. The Morgan fingerprint density at radius 3 is 2.80 bits per heavy atom. The number of nitro groups is 1. The van der Waals surface area contributed by atoms with E-state index in [4.69, 9.17) is 0 Å². The summed E-state index contributed by atoms with van der Waals surface area (Å²) < 4.78 is 1.81. The van der Waals surface area contributed by atoms with Crippen molar-refractivity contribution in [3.8, 4) is 0 Å². The molecule has 0 atom stereocenters. The molecule has 0 saturated carbocycles. The van der Waals surface area contributed by atoms with Crippen LogP contribution in [0.15, 0.2) is 36.0 Å². The quantitative estimate of drug-likeness (QED) is 0.638. The van der Waals surface area contributed by atoms with Gasteiger partial charge in [-0.15, -0.1) is 0 Å². The molecule has 0 aromatic carbocycles. The molecule has 0 bridgehead atoms. The maximum Gasteiger partial charge on any atom is 0.324 e. The van der Waals surface area contributed by atoms with Crippen LogP contribution in [0.25, 0.3) is 0 Å². The van der Waals surface area contributed by atoms with Crippen LogP contribution in [0.3, 0.4) is 0 Å². The summed E-state index contributed by atoms with van der Waals surface area (Å²) >= 11 is 1.15. The van der Waals surface area contributed by atoms with Crippen molar-refractivity contribution in [1.82, 2.24) is 4.68 Å². The molecular weight excluding hydrogens is 214 g/mol. The van der Waals surface area contributed by atoms with Crippen molar-refractivity contribution in [2.45, 2.75) is 6.54 Å². The zero-order valence-electron chi connectivity index (χ0n) is 7.79. The lowest BCUT2D eigenvalue weighted by Crippen LogP contribution is -2.11. The lowest BCUT2D eigenvalue weighted by molar-refractivity contribution is -0.380. The fraction of sp³-hybridized carbons (Fsp3) is 0.111. The van der Waals surface area contributed by atoms with Gasteiger partial charge in [-0.3, -0.25) is 14.8 Å². The lowest BCUT2D eigenvalue weighted by atomic mass is 10.3. The summed E-state index contributed by atoms with van der Waals surface area (Å²) in [5, 5.41) is 12.4. The standard InChI is InChI=1S/C9H9N3O2S/c13-12(14)9-5-8(7-15-9)6-10-11-3-1-2-4-11/h1-5,7,10H,6H2. The van der Waals surface area contributed by atoms with Crippen molar-refractivity contribution in [3.05, 3.63) is 51.7 Å². The summed E-state index contributed by atoms with van der Waals surface area (Å²) in [6.45, 7) is 0.582. The zero-order valence-corrected chi connectivity index (χ0v) is 8.61. The summed E-state index contributed by atoms with van der Waals surface area (Å²) in [6.07, 6.45) is 3.75. The van der Waals surface area contributed by atoms with Gasteiger partial charge in [0.15, 0.2) is 0 Å². The van der Waals surface area contributed by atoms with E-state index in [1.165, 1.54) is 0 Å². The van der Waals surface area contributed by atoms with Crippen LogP contribution < -0.4 is 5.43 Å². The van der Waals surface area contributed by atoms with Crippen LogP contribution >= 0.6 is 11.3 Å². The van der Waals surface area contributed by atoms with Gasteiger partial charge < -0.3 is 5.43 Å². The summed E-state index contributed by atoms with van der Waals surface area (Å²) in [7, 11) is 0. The SMILES string of the molecule is O=[N+]([O-])c1cc(CNn2cccc2)cs1. The van der Waals surface area contributed by atoms with E-state index in [2.05, 4.69) is 5.43 Å². The van der Waals surface area contributed by atoms with Gasteiger partial charge in [0.1, 0.15) is 0 Å². The van der Waals surface area contributed by atoms with E-state index in [0.29, 0.717) is 6.54 Å². The van der Waals surface area contributed by atoms with Crippen LogP contribution in [0.4, 0.5) is 5.00 Å². The minimum atomic E-state index is -0.371. The highest BCUT2D eigenvalue weighted by Crippen LogP contribution is 2.22. The molecule has 6 heteroatoms. The average Bonchev–Trinajstić information content (AvgIpc) is 2.86. The summed E-state index contributed by atoms with van der Waals surface area (Å²) in [5.41, 5.74) is 4.01. The molecule has 2 aromatic heterocycles. The monoisotopic (exact) mass is 223 g/mol. The predicted octanol–water partition coefficient (Wildman–Crippen LogP) is 2.20. The molecule has 2 aromatic rings. The Kier molecular flexibility index (Phi) is 2.68. The first kappa shape index (κ1) is 9.72. The molecule has 0 aliphatic heterocycles. The third-order valence-corrected chi connectivity index (χ3v) is 2.82. The number of nitrogens with zero attached hydrogens (tertiary/aromatic N) is 2. The molecule has 0 aliphatic carbocycles. The van der Waals surface area contributed by atoms with Crippen molar-refractivity contribution >= 4 is 16.3 Å². The Balaban J connectivity index is 1.96. The molecule has 0 spiro atoms. The van der Waals surface area contributed by atoms with Gasteiger partial charge in [0.25, 0.3) is 0 Å². The van der Waals surface area contributed by atoms with Gasteiger partial charge in [0.2, 0.25) is 0 Å². The molecule has 0 amide bonds. The summed E-state index contributed by atoms with van der Waals surface area (Å²) in [5.74, 6) is 0. The first-order valence-corrected chi connectivity index (χ1v) is 5.22. The minimum absolute atomic E-state index is 0.180. The highest BCUT2D eigenvalue weighted by molar-refractivity contribution is 7.13. The zero-order chi connectivity index (χ0) is 10.7. The van der Waals surface area contributed by atoms with Crippen LogP contribution in [0.5, 0.6) is 0 Å². The van der Waals surface area contributed by atoms with E-state index >= 15 is 0 Å². The van der Waals surface area contributed by atoms with Gasteiger partial charge in [0.05, 0.1) is 11.5 Å². The molecule has 0 unspecified atom stereocenters. The number of aromatic nitrogens is 1. The van der Waals surface area contributed by atoms with E-state index in [-0.39, 0.29) is 9.92 Å². The van der Waals surface area contributed by atoms with Crippen LogP contribution in [0, 0.1) is 10.1 Å². The maximum atomic E-state index is 10.4. The normalized spacial score (nSPS) is 10.1. The average molecular weight is 223 g/mol. The van der Waals surface area contributed by atoms with Crippen molar-refractivity contribution in [3.63, 3.8) is 0 Å². The molecule has 78 valence electrons. The maximum absolute atomic E-state index is 10.4. The molecule has 2 rings (SSSR count). The number of thiophene rings is 1. The number of nitrogens with one attached hydrogen (secondary N) is 1. The second kappa shape index (κ2) is 4.14. The highest BCUT2D eigenvalue weighted by atomic mass is 32.1. The van der Waals surface area contributed by atoms with Gasteiger partial charge >= 0.3 is 5.00 Å². The number of hydrogen-bond acceptors (Lipinski definition) is 4. The Morgan fingerprint density at radius 2 is 2.20 bits per heavy atom. The highest BCUT2D eigenvalue weighted by Gasteiger charge is 2.08. The smallest absolute Gasteiger partial charge is 0.322 e. The summed E-state index contributed by atoms with van der Waals surface area (Å²) in [6, 6.07) is 5.40. The first-order chi connectivity index (χ1) is 7.25. The third kappa shape index (κ3) is 2.35. The Labute approximate surface area is 90.1 Å². The molecule has 0 radical (unpaired) electrons. The molecule has 0 aliphatic rings. The Morgan fingerprint density at radius 1 is 1.47 bits per heavy atom. The number of rotatable bonds is 4. The molecular formula is C9H9N3O2S. The lowest BCUT2D eigenvalue weighted by Gasteiger charge is -2.04. The molecule has 15 heavy (non-hydrogen) atoms. The van der Waals surface area contributed by atoms with Gasteiger partial charge in [-0.1, -0.05) is 11.3 Å². The minimum Gasteiger partial charge on any atom is -0.322 e. The van der Waals surface area contributed by atoms with Crippen molar-refractivity contribution < 1.29 is 4.92 Å².